The molecule has 0 unspecified atom stereocenters. The Bertz CT molecular complexity index is 1560. The highest BCUT2D eigenvalue weighted by Crippen LogP contribution is 2.35. The summed E-state index contributed by atoms with van der Waals surface area (Å²) in [5.74, 6) is -0.958. The molecule has 0 aliphatic carbocycles. The third kappa shape index (κ3) is 4.50. The van der Waals surface area contributed by atoms with Crippen molar-refractivity contribution in [2.24, 2.45) is 0 Å². The van der Waals surface area contributed by atoms with Crippen LogP contribution in [0.5, 0.6) is 11.5 Å². The second-order valence-corrected chi connectivity index (χ2v) is 9.42. The van der Waals surface area contributed by atoms with Gasteiger partial charge in [-0.05, 0) is 54.5 Å². The number of nitrogens with zero attached hydrogens (tertiary/aromatic N) is 3. The molecule has 0 radical (unpaired) electrons. The Balaban J connectivity index is 1.64. The number of amides is 2. The molecule has 0 bridgehead atoms. The van der Waals surface area contributed by atoms with Crippen molar-refractivity contribution in [2.75, 3.05) is 16.9 Å². The number of ether oxygens (including phenoxy) is 1. The van der Waals surface area contributed by atoms with Crippen LogP contribution in [0, 0.1) is 6.92 Å². The lowest BCUT2D eigenvalue weighted by molar-refractivity contribution is -0.120. The number of para-hydroxylation sites is 1. The van der Waals surface area contributed by atoms with Crippen LogP contribution >= 0.6 is 23.6 Å². The van der Waals surface area contributed by atoms with Gasteiger partial charge in [0.25, 0.3) is 11.8 Å². The van der Waals surface area contributed by atoms with E-state index in [1.165, 1.54) is 40.4 Å². The number of aromatic hydroxyl groups is 1. The molecule has 2 amide bonds. The molecule has 7 nitrogen and oxygen atoms in total. The summed E-state index contributed by atoms with van der Waals surface area (Å²) < 4.78 is 5.19. The smallest absolute Gasteiger partial charge is 0.272 e. The summed E-state index contributed by atoms with van der Waals surface area (Å²) >= 11 is 6.99. The first-order chi connectivity index (χ1) is 17.9. The summed E-state index contributed by atoms with van der Waals surface area (Å²) in [7, 11) is 1.43. The van der Waals surface area contributed by atoms with E-state index in [0.717, 1.165) is 11.1 Å². The first-order valence-electron chi connectivity index (χ1n) is 11.3. The minimum Gasteiger partial charge on any atom is -0.504 e. The maximum atomic E-state index is 13.8. The Morgan fingerprint density at radius 3 is 2.41 bits per heavy atom. The largest absolute Gasteiger partial charge is 0.504 e. The summed E-state index contributed by atoms with van der Waals surface area (Å²) in [5, 5.41) is 12.2. The van der Waals surface area contributed by atoms with Gasteiger partial charge in [-0.2, -0.15) is 0 Å². The van der Waals surface area contributed by atoms with Gasteiger partial charge in [-0.3, -0.25) is 14.5 Å². The van der Waals surface area contributed by atoms with Crippen LogP contribution in [0.1, 0.15) is 11.1 Å². The normalized spacial score (nSPS) is 15.0. The monoisotopic (exact) mass is 527 g/mol. The van der Waals surface area contributed by atoms with Gasteiger partial charge >= 0.3 is 0 Å². The summed E-state index contributed by atoms with van der Waals surface area (Å²) in [6.45, 7) is 1.87. The van der Waals surface area contributed by atoms with Crippen LogP contribution in [0.15, 0.2) is 83.7 Å². The van der Waals surface area contributed by atoms with Gasteiger partial charge in [-0.1, -0.05) is 54.6 Å². The van der Waals surface area contributed by atoms with E-state index in [9.17, 15) is 14.7 Å². The number of aryl methyl sites for hydroxylation is 1. The SMILES string of the molecule is COc1cc(/C=C2/C(=O)N(c3nc(-c4ccccc4)cs3)C(=S)N(c3ccccc3C)C2=O)ccc1O. The minimum atomic E-state index is -0.583. The average molecular weight is 528 g/mol. The molecule has 0 spiro atoms. The Morgan fingerprint density at radius 2 is 1.68 bits per heavy atom. The van der Waals surface area contributed by atoms with E-state index in [-0.39, 0.29) is 22.2 Å². The number of thiazole rings is 1. The van der Waals surface area contributed by atoms with Gasteiger partial charge in [0.05, 0.1) is 18.5 Å². The standard InChI is InChI=1S/C28H21N3O4S2/c1-17-8-6-7-11-22(17)30-25(33)20(14-18-12-13-23(32)24(15-18)35-2)26(34)31(28(30)36)27-29-21(16-37-27)19-9-4-3-5-10-19/h3-16,32H,1-2H3/b20-14+. The molecule has 1 N–H and O–H groups in total. The van der Waals surface area contributed by atoms with Gasteiger partial charge in [-0.25, -0.2) is 9.88 Å². The van der Waals surface area contributed by atoms with Crippen LogP contribution in [0.2, 0.25) is 0 Å². The lowest BCUT2D eigenvalue weighted by Gasteiger charge is -2.35. The molecule has 5 rings (SSSR count). The highest BCUT2D eigenvalue weighted by molar-refractivity contribution is 7.81. The fourth-order valence-corrected chi connectivity index (χ4v) is 5.22. The minimum absolute atomic E-state index is 0.0266. The van der Waals surface area contributed by atoms with Crippen molar-refractivity contribution < 1.29 is 19.4 Å². The van der Waals surface area contributed by atoms with Crippen molar-refractivity contribution in [1.82, 2.24) is 4.98 Å². The molecule has 1 aliphatic rings. The Kier molecular flexibility index (Phi) is 6.56. The number of phenols is 1. The number of carbonyl (C=O) groups is 2. The molecule has 2 heterocycles. The molecule has 37 heavy (non-hydrogen) atoms. The zero-order valence-corrected chi connectivity index (χ0v) is 21.5. The third-order valence-electron chi connectivity index (χ3n) is 5.87. The molecule has 0 atom stereocenters. The van der Waals surface area contributed by atoms with E-state index in [0.29, 0.717) is 22.1 Å². The molecule has 4 aromatic rings. The van der Waals surface area contributed by atoms with Crippen LogP contribution in [-0.2, 0) is 9.59 Å². The Hall–Kier alpha value is -4.34. The number of benzene rings is 3. The molecular formula is C28H21N3O4S2. The van der Waals surface area contributed by atoms with Gasteiger partial charge < -0.3 is 9.84 Å². The maximum absolute atomic E-state index is 13.8. The van der Waals surface area contributed by atoms with E-state index in [1.54, 1.807) is 18.2 Å². The molecule has 3 aromatic carbocycles. The van der Waals surface area contributed by atoms with Crippen molar-refractivity contribution in [3.63, 3.8) is 0 Å². The molecule has 1 fully saturated rings. The number of thiocarbonyl (C=S) groups is 1. The quantitative estimate of drug-likeness (QED) is 0.207. The Labute approximate surface area is 222 Å². The van der Waals surface area contributed by atoms with Crippen LogP contribution in [0.25, 0.3) is 17.3 Å². The first-order valence-corrected chi connectivity index (χ1v) is 12.6. The van der Waals surface area contributed by atoms with E-state index in [4.69, 9.17) is 17.0 Å². The molecule has 184 valence electrons. The number of hydrogen-bond acceptors (Lipinski definition) is 7. The number of aromatic nitrogens is 1. The van der Waals surface area contributed by atoms with Crippen molar-refractivity contribution in [3.05, 3.63) is 94.9 Å². The zero-order chi connectivity index (χ0) is 26.1. The summed E-state index contributed by atoms with van der Waals surface area (Å²) in [4.78, 5) is 34.9. The van der Waals surface area contributed by atoms with E-state index < -0.39 is 11.8 Å². The molecule has 1 saturated heterocycles. The van der Waals surface area contributed by atoms with Gasteiger partial charge in [0.15, 0.2) is 21.7 Å². The maximum Gasteiger partial charge on any atom is 0.272 e. The van der Waals surface area contributed by atoms with Crippen LogP contribution in [0.3, 0.4) is 0 Å². The van der Waals surface area contributed by atoms with Crippen molar-refractivity contribution in [1.29, 1.82) is 0 Å². The molecule has 1 aromatic heterocycles. The van der Waals surface area contributed by atoms with Crippen LogP contribution in [0.4, 0.5) is 10.8 Å². The topological polar surface area (TPSA) is 83.0 Å². The van der Waals surface area contributed by atoms with E-state index >= 15 is 0 Å². The van der Waals surface area contributed by atoms with Crippen molar-refractivity contribution >= 4 is 57.4 Å². The van der Waals surface area contributed by atoms with Gasteiger partial charge in [-0.15, -0.1) is 11.3 Å². The Morgan fingerprint density at radius 1 is 0.973 bits per heavy atom. The highest BCUT2D eigenvalue weighted by Gasteiger charge is 2.42. The number of anilines is 2. The van der Waals surface area contributed by atoms with Gasteiger partial charge in [0.2, 0.25) is 0 Å². The lowest BCUT2D eigenvalue weighted by Crippen LogP contribution is -2.57. The predicted octanol–water partition coefficient (Wildman–Crippen LogP) is 5.58. The first kappa shape index (κ1) is 24.4. The zero-order valence-electron chi connectivity index (χ0n) is 19.9. The highest BCUT2D eigenvalue weighted by atomic mass is 32.1. The lowest BCUT2D eigenvalue weighted by atomic mass is 10.0. The number of rotatable bonds is 5. The van der Waals surface area contributed by atoms with Crippen LogP contribution in [-0.4, -0.2) is 34.1 Å². The van der Waals surface area contributed by atoms with Gasteiger partial charge in [0, 0.05) is 10.9 Å². The summed E-state index contributed by atoms with van der Waals surface area (Å²) in [6, 6.07) is 21.5. The molecule has 1 aliphatic heterocycles. The number of phenolic OH excluding ortho intramolecular Hbond substituents is 1. The van der Waals surface area contributed by atoms with Crippen LogP contribution < -0.4 is 14.5 Å². The number of methoxy groups -OCH3 is 1. The summed E-state index contributed by atoms with van der Waals surface area (Å²) in [6.07, 6.45) is 1.47. The van der Waals surface area contributed by atoms with Crippen molar-refractivity contribution in [2.45, 2.75) is 6.92 Å². The molecule has 9 heteroatoms. The fraction of sp³-hybridized carbons (Fsp3) is 0.0714. The number of carbonyl (C=O) groups excluding carboxylic acids is 2. The predicted molar refractivity (Wildman–Crippen MR) is 149 cm³/mol. The fourth-order valence-electron chi connectivity index (χ4n) is 3.98. The number of hydrogen-bond donors (Lipinski definition) is 1. The van der Waals surface area contributed by atoms with E-state index in [1.807, 2.05) is 60.8 Å². The van der Waals surface area contributed by atoms with E-state index in [2.05, 4.69) is 4.98 Å². The van der Waals surface area contributed by atoms with Crippen molar-refractivity contribution in [3.8, 4) is 22.8 Å². The average Bonchev–Trinajstić information content (AvgIpc) is 3.39. The second-order valence-electron chi connectivity index (χ2n) is 8.22. The van der Waals surface area contributed by atoms with Gasteiger partial charge in [0.1, 0.15) is 5.57 Å². The molecular weight excluding hydrogens is 506 g/mol. The third-order valence-corrected chi connectivity index (χ3v) is 7.06. The second kappa shape index (κ2) is 9.96. The molecule has 0 saturated carbocycles. The summed E-state index contributed by atoms with van der Waals surface area (Å²) in [5.41, 5.74) is 3.41.